The molecule has 0 N–H and O–H groups in total. The van der Waals surface area contributed by atoms with Gasteiger partial charge in [0.15, 0.2) is 0 Å². The van der Waals surface area contributed by atoms with Crippen LogP contribution < -0.4 is 4.90 Å². The molecule has 0 spiro atoms. The van der Waals surface area contributed by atoms with Crippen LogP contribution in [0.1, 0.15) is 27.7 Å². The predicted octanol–water partition coefficient (Wildman–Crippen LogP) is 2.96. The van der Waals surface area contributed by atoms with Crippen LogP contribution in [0, 0.1) is 5.92 Å². The van der Waals surface area contributed by atoms with E-state index in [4.69, 9.17) is 0 Å². The second-order valence-electron chi connectivity index (χ2n) is 5.70. The Kier molecular flexibility index (Phi) is 5.90. The monoisotopic (exact) mass is 314 g/mol. The Balaban J connectivity index is 0.000000924. The molecule has 0 bridgehead atoms. The van der Waals surface area contributed by atoms with Crippen LogP contribution in [-0.2, 0) is 4.79 Å². The van der Waals surface area contributed by atoms with Crippen molar-refractivity contribution in [3.63, 3.8) is 0 Å². The number of pyridine rings is 2. The summed E-state index contributed by atoms with van der Waals surface area (Å²) in [5, 5.41) is 2.22. The normalized spacial score (nSPS) is 14.7. The van der Waals surface area contributed by atoms with Gasteiger partial charge in [-0.15, -0.1) is 0 Å². The molecular formula is C18H26N4O. The number of aromatic nitrogens is 2. The lowest BCUT2D eigenvalue weighted by Gasteiger charge is -2.36. The second-order valence-corrected chi connectivity index (χ2v) is 5.70. The smallest absolute Gasteiger partial charge is 0.225 e. The summed E-state index contributed by atoms with van der Waals surface area (Å²) in [6.45, 7) is 11.1. The third-order valence-corrected chi connectivity index (χ3v) is 3.93. The van der Waals surface area contributed by atoms with Crippen molar-refractivity contribution in [1.29, 1.82) is 0 Å². The topological polar surface area (TPSA) is 49.3 Å². The molecule has 0 radical (unpaired) electrons. The minimum absolute atomic E-state index is 0.0661. The molecule has 0 aromatic carbocycles. The summed E-state index contributed by atoms with van der Waals surface area (Å²) in [6, 6.07) is 4.00. The van der Waals surface area contributed by atoms with Crippen LogP contribution in [0.3, 0.4) is 0 Å². The van der Waals surface area contributed by atoms with Crippen LogP contribution in [0.25, 0.3) is 10.8 Å². The summed E-state index contributed by atoms with van der Waals surface area (Å²) in [5.41, 5.74) is 0. The van der Waals surface area contributed by atoms with Gasteiger partial charge >= 0.3 is 0 Å². The van der Waals surface area contributed by atoms with Gasteiger partial charge in [0.05, 0.1) is 0 Å². The SMILES string of the molecule is CC.CC(C)C(=O)N1CCN(c2nccc3ccncc23)CC1. The van der Waals surface area contributed by atoms with Crippen molar-refractivity contribution in [1.82, 2.24) is 14.9 Å². The van der Waals surface area contributed by atoms with E-state index >= 15 is 0 Å². The molecule has 23 heavy (non-hydrogen) atoms. The van der Waals surface area contributed by atoms with Gasteiger partial charge in [-0.05, 0) is 17.5 Å². The number of carbonyl (C=O) groups excluding carboxylic acids is 1. The van der Waals surface area contributed by atoms with E-state index in [2.05, 4.69) is 14.9 Å². The largest absolute Gasteiger partial charge is 0.353 e. The van der Waals surface area contributed by atoms with Crippen LogP contribution in [0.5, 0.6) is 0 Å². The van der Waals surface area contributed by atoms with Crippen LogP contribution in [-0.4, -0.2) is 47.0 Å². The maximum absolute atomic E-state index is 12.0. The Labute approximate surface area is 138 Å². The van der Waals surface area contributed by atoms with E-state index in [-0.39, 0.29) is 11.8 Å². The highest BCUT2D eigenvalue weighted by molar-refractivity contribution is 5.91. The number of carbonyl (C=O) groups is 1. The lowest BCUT2D eigenvalue weighted by atomic mass is 10.1. The van der Waals surface area contributed by atoms with Crippen molar-refractivity contribution in [3.8, 4) is 0 Å². The number of fused-ring (bicyclic) bond motifs is 1. The molecule has 5 nitrogen and oxygen atoms in total. The van der Waals surface area contributed by atoms with E-state index in [0.717, 1.165) is 42.8 Å². The fourth-order valence-electron chi connectivity index (χ4n) is 2.75. The lowest BCUT2D eigenvalue weighted by molar-refractivity contribution is -0.134. The number of nitrogens with zero attached hydrogens (tertiary/aromatic N) is 4. The molecule has 0 aliphatic carbocycles. The molecule has 3 heterocycles. The van der Waals surface area contributed by atoms with Crippen molar-refractivity contribution in [2.75, 3.05) is 31.1 Å². The van der Waals surface area contributed by atoms with E-state index in [0.29, 0.717) is 0 Å². The maximum atomic E-state index is 12.0. The zero-order chi connectivity index (χ0) is 16.8. The number of piperazine rings is 1. The fraction of sp³-hybridized carbons (Fsp3) is 0.500. The molecule has 2 aromatic heterocycles. The third kappa shape index (κ3) is 3.78. The van der Waals surface area contributed by atoms with Gasteiger partial charge in [-0.1, -0.05) is 27.7 Å². The molecule has 0 saturated carbocycles. The first kappa shape index (κ1) is 17.2. The first-order chi connectivity index (χ1) is 11.2. The van der Waals surface area contributed by atoms with Crippen molar-refractivity contribution in [2.24, 2.45) is 5.92 Å². The number of anilines is 1. The van der Waals surface area contributed by atoms with E-state index < -0.39 is 0 Å². The quantitative estimate of drug-likeness (QED) is 0.855. The van der Waals surface area contributed by atoms with E-state index in [1.165, 1.54) is 0 Å². The molecule has 1 aliphatic rings. The van der Waals surface area contributed by atoms with Crippen LogP contribution >= 0.6 is 0 Å². The number of hydrogen-bond acceptors (Lipinski definition) is 4. The molecule has 0 unspecified atom stereocenters. The Morgan fingerprint density at radius 3 is 2.39 bits per heavy atom. The molecule has 5 heteroatoms. The zero-order valence-electron chi connectivity index (χ0n) is 14.5. The molecule has 124 valence electrons. The molecule has 1 fully saturated rings. The molecule has 1 amide bonds. The highest BCUT2D eigenvalue weighted by atomic mass is 16.2. The average Bonchev–Trinajstić information content (AvgIpc) is 2.62. The van der Waals surface area contributed by atoms with Gasteiger partial charge in [0.25, 0.3) is 0 Å². The minimum atomic E-state index is 0.0661. The first-order valence-electron chi connectivity index (χ1n) is 8.39. The molecule has 2 aromatic rings. The highest BCUT2D eigenvalue weighted by Crippen LogP contribution is 2.24. The van der Waals surface area contributed by atoms with Gasteiger partial charge in [0, 0.05) is 56.1 Å². The first-order valence-corrected chi connectivity index (χ1v) is 8.39. The van der Waals surface area contributed by atoms with Crippen molar-refractivity contribution < 1.29 is 4.79 Å². The summed E-state index contributed by atoms with van der Waals surface area (Å²) >= 11 is 0. The van der Waals surface area contributed by atoms with E-state index in [1.807, 2.05) is 57.1 Å². The predicted molar refractivity (Wildman–Crippen MR) is 94.5 cm³/mol. The maximum Gasteiger partial charge on any atom is 0.225 e. The van der Waals surface area contributed by atoms with Gasteiger partial charge in [-0.3, -0.25) is 9.78 Å². The lowest BCUT2D eigenvalue weighted by Crippen LogP contribution is -2.50. The average molecular weight is 314 g/mol. The third-order valence-electron chi connectivity index (χ3n) is 3.93. The molecule has 0 atom stereocenters. The van der Waals surface area contributed by atoms with Crippen LogP contribution in [0.4, 0.5) is 5.82 Å². The Hall–Kier alpha value is -2.17. The Morgan fingerprint density at radius 2 is 1.74 bits per heavy atom. The van der Waals surface area contributed by atoms with Gasteiger partial charge < -0.3 is 9.80 Å². The van der Waals surface area contributed by atoms with Gasteiger partial charge in [0.1, 0.15) is 5.82 Å². The van der Waals surface area contributed by atoms with Gasteiger partial charge in [-0.25, -0.2) is 4.98 Å². The molecule has 3 rings (SSSR count). The molecule has 1 aliphatic heterocycles. The summed E-state index contributed by atoms with van der Waals surface area (Å²) in [7, 11) is 0. The van der Waals surface area contributed by atoms with Crippen molar-refractivity contribution in [3.05, 3.63) is 30.7 Å². The number of amides is 1. The highest BCUT2D eigenvalue weighted by Gasteiger charge is 2.24. The molecular weight excluding hydrogens is 288 g/mol. The summed E-state index contributed by atoms with van der Waals surface area (Å²) in [6.07, 6.45) is 5.50. The Morgan fingerprint density at radius 1 is 1.09 bits per heavy atom. The van der Waals surface area contributed by atoms with Crippen molar-refractivity contribution >= 4 is 22.5 Å². The van der Waals surface area contributed by atoms with E-state index in [1.54, 1.807) is 6.20 Å². The number of rotatable bonds is 2. The van der Waals surface area contributed by atoms with E-state index in [9.17, 15) is 4.79 Å². The summed E-state index contributed by atoms with van der Waals surface area (Å²) in [5.74, 6) is 1.27. The summed E-state index contributed by atoms with van der Waals surface area (Å²) in [4.78, 5) is 24.9. The Bertz CT molecular complexity index is 643. The van der Waals surface area contributed by atoms with Crippen molar-refractivity contribution in [2.45, 2.75) is 27.7 Å². The second kappa shape index (κ2) is 7.90. The summed E-state index contributed by atoms with van der Waals surface area (Å²) < 4.78 is 0. The zero-order valence-corrected chi connectivity index (χ0v) is 14.5. The standard InChI is InChI=1S/C16H20N4O.C2H6/c1-12(2)16(21)20-9-7-19(8-10-20)15-14-11-17-5-3-13(14)4-6-18-15;1-2/h3-6,11-12H,7-10H2,1-2H3;1-2H3. The fourth-order valence-corrected chi connectivity index (χ4v) is 2.75. The molecule has 1 saturated heterocycles. The van der Waals surface area contributed by atoms with Gasteiger partial charge in [-0.2, -0.15) is 0 Å². The van der Waals surface area contributed by atoms with Gasteiger partial charge in [0.2, 0.25) is 5.91 Å². The number of hydrogen-bond donors (Lipinski definition) is 0. The minimum Gasteiger partial charge on any atom is -0.353 e. The van der Waals surface area contributed by atoms with Crippen LogP contribution in [0.15, 0.2) is 30.7 Å². The van der Waals surface area contributed by atoms with Crippen LogP contribution in [0.2, 0.25) is 0 Å².